The highest BCUT2D eigenvalue weighted by Gasteiger charge is 2.01. The Morgan fingerprint density at radius 1 is 1.54 bits per heavy atom. The zero-order valence-corrected chi connectivity index (χ0v) is 8.72. The molecule has 0 bridgehead atoms. The van der Waals surface area contributed by atoms with E-state index in [1.54, 1.807) is 6.92 Å². The second-order valence-corrected chi connectivity index (χ2v) is 3.38. The molecule has 0 spiro atoms. The fraction of sp³-hybridized carbons (Fsp3) is 0.700. The smallest absolute Gasteiger partial charge is 0.333 e. The lowest BCUT2D eigenvalue weighted by Crippen LogP contribution is -2.24. The number of esters is 1. The van der Waals surface area contributed by atoms with Gasteiger partial charge in [-0.25, -0.2) is 4.79 Å². The number of rotatable bonds is 6. The molecule has 3 nitrogen and oxygen atoms in total. The SMILES string of the molecule is C=C(C)C(=O)OCCCNC(C)C. The Hall–Kier alpha value is -0.830. The average molecular weight is 185 g/mol. The highest BCUT2D eigenvalue weighted by Crippen LogP contribution is 1.92. The molecule has 0 atom stereocenters. The molecule has 0 saturated carbocycles. The third-order valence-corrected chi connectivity index (χ3v) is 1.46. The Morgan fingerprint density at radius 2 is 2.15 bits per heavy atom. The van der Waals surface area contributed by atoms with Crippen molar-refractivity contribution in [2.75, 3.05) is 13.2 Å². The topological polar surface area (TPSA) is 38.3 Å². The fourth-order valence-corrected chi connectivity index (χ4v) is 0.751. The minimum atomic E-state index is -0.301. The number of hydrogen-bond acceptors (Lipinski definition) is 3. The number of carbonyl (C=O) groups excluding carboxylic acids is 1. The lowest BCUT2D eigenvalue weighted by atomic mass is 10.3. The number of hydrogen-bond donors (Lipinski definition) is 1. The molecule has 0 unspecified atom stereocenters. The van der Waals surface area contributed by atoms with Crippen molar-refractivity contribution in [3.63, 3.8) is 0 Å². The molecule has 1 N–H and O–H groups in total. The van der Waals surface area contributed by atoms with Crippen LogP contribution in [0.2, 0.25) is 0 Å². The van der Waals surface area contributed by atoms with Crippen LogP contribution in [0.25, 0.3) is 0 Å². The predicted molar refractivity (Wildman–Crippen MR) is 53.5 cm³/mol. The van der Waals surface area contributed by atoms with Crippen LogP contribution in [0, 0.1) is 0 Å². The molecule has 0 amide bonds. The predicted octanol–water partition coefficient (Wildman–Crippen LogP) is 1.49. The van der Waals surface area contributed by atoms with Gasteiger partial charge in [-0.05, 0) is 19.9 Å². The van der Waals surface area contributed by atoms with Crippen molar-refractivity contribution in [3.05, 3.63) is 12.2 Å². The molecule has 0 rings (SSSR count). The number of ether oxygens (including phenoxy) is 1. The molecular formula is C10H19NO2. The van der Waals surface area contributed by atoms with E-state index in [9.17, 15) is 4.79 Å². The van der Waals surface area contributed by atoms with Gasteiger partial charge in [0.1, 0.15) is 0 Å². The van der Waals surface area contributed by atoms with Crippen LogP contribution in [-0.4, -0.2) is 25.2 Å². The van der Waals surface area contributed by atoms with Crippen LogP contribution >= 0.6 is 0 Å². The van der Waals surface area contributed by atoms with Gasteiger partial charge in [0.15, 0.2) is 0 Å². The zero-order chi connectivity index (χ0) is 10.3. The van der Waals surface area contributed by atoms with E-state index in [-0.39, 0.29) is 5.97 Å². The van der Waals surface area contributed by atoms with Crippen LogP contribution in [0.3, 0.4) is 0 Å². The molecule has 0 aromatic carbocycles. The molecule has 0 aliphatic heterocycles. The van der Waals surface area contributed by atoms with Crippen LogP contribution < -0.4 is 5.32 Å². The maximum absolute atomic E-state index is 10.9. The highest BCUT2D eigenvalue weighted by molar-refractivity contribution is 5.86. The second kappa shape index (κ2) is 6.66. The molecule has 0 saturated heterocycles. The molecule has 0 aliphatic carbocycles. The Labute approximate surface area is 80.2 Å². The van der Waals surface area contributed by atoms with Crippen molar-refractivity contribution in [3.8, 4) is 0 Å². The Kier molecular flexibility index (Phi) is 6.24. The maximum atomic E-state index is 10.9. The van der Waals surface area contributed by atoms with Crippen LogP contribution in [0.1, 0.15) is 27.2 Å². The maximum Gasteiger partial charge on any atom is 0.333 e. The van der Waals surface area contributed by atoms with Crippen LogP contribution in [0.4, 0.5) is 0 Å². The fourth-order valence-electron chi connectivity index (χ4n) is 0.751. The Morgan fingerprint density at radius 3 is 2.62 bits per heavy atom. The third-order valence-electron chi connectivity index (χ3n) is 1.46. The summed E-state index contributed by atoms with van der Waals surface area (Å²) in [4.78, 5) is 10.9. The van der Waals surface area contributed by atoms with Crippen molar-refractivity contribution in [2.24, 2.45) is 0 Å². The minimum Gasteiger partial charge on any atom is -0.462 e. The molecule has 0 fully saturated rings. The lowest BCUT2D eigenvalue weighted by Gasteiger charge is -2.07. The average Bonchev–Trinajstić information content (AvgIpc) is 2.02. The molecule has 13 heavy (non-hydrogen) atoms. The van der Waals surface area contributed by atoms with Gasteiger partial charge in [0.2, 0.25) is 0 Å². The van der Waals surface area contributed by atoms with Gasteiger partial charge in [0.05, 0.1) is 6.61 Å². The van der Waals surface area contributed by atoms with Crippen LogP contribution in [-0.2, 0) is 9.53 Å². The minimum absolute atomic E-state index is 0.301. The normalized spacial score (nSPS) is 10.2. The number of carbonyl (C=O) groups is 1. The van der Waals surface area contributed by atoms with E-state index < -0.39 is 0 Å². The first-order valence-electron chi connectivity index (χ1n) is 4.60. The van der Waals surface area contributed by atoms with E-state index in [0.29, 0.717) is 18.2 Å². The van der Waals surface area contributed by atoms with Gasteiger partial charge >= 0.3 is 5.97 Å². The summed E-state index contributed by atoms with van der Waals surface area (Å²) in [7, 11) is 0. The summed E-state index contributed by atoms with van der Waals surface area (Å²) in [5.74, 6) is -0.301. The quantitative estimate of drug-likeness (QED) is 0.387. The molecule has 0 aromatic rings. The first-order chi connectivity index (χ1) is 6.04. The molecule has 0 heterocycles. The van der Waals surface area contributed by atoms with Gasteiger partial charge in [-0.1, -0.05) is 20.4 Å². The Bertz CT molecular complexity index is 176. The van der Waals surface area contributed by atoms with E-state index in [1.807, 2.05) is 0 Å². The van der Waals surface area contributed by atoms with E-state index in [4.69, 9.17) is 4.74 Å². The summed E-state index contributed by atoms with van der Waals surface area (Å²) in [6.45, 7) is 10.6. The Balaban J connectivity index is 3.26. The summed E-state index contributed by atoms with van der Waals surface area (Å²) < 4.78 is 4.91. The van der Waals surface area contributed by atoms with E-state index in [0.717, 1.165) is 13.0 Å². The molecular weight excluding hydrogens is 166 g/mol. The largest absolute Gasteiger partial charge is 0.462 e. The van der Waals surface area contributed by atoms with E-state index in [2.05, 4.69) is 25.7 Å². The van der Waals surface area contributed by atoms with Crippen LogP contribution in [0.15, 0.2) is 12.2 Å². The monoisotopic (exact) mass is 185 g/mol. The van der Waals surface area contributed by atoms with Gasteiger partial charge in [-0.15, -0.1) is 0 Å². The lowest BCUT2D eigenvalue weighted by molar-refractivity contribution is -0.139. The molecule has 0 aliphatic rings. The highest BCUT2D eigenvalue weighted by atomic mass is 16.5. The molecule has 0 radical (unpaired) electrons. The van der Waals surface area contributed by atoms with Crippen molar-refractivity contribution < 1.29 is 9.53 Å². The standard InChI is InChI=1S/C10H19NO2/c1-8(2)10(12)13-7-5-6-11-9(3)4/h9,11H,1,5-7H2,2-4H3. The van der Waals surface area contributed by atoms with Gasteiger partial charge in [0.25, 0.3) is 0 Å². The summed E-state index contributed by atoms with van der Waals surface area (Å²) >= 11 is 0. The number of nitrogens with one attached hydrogen (secondary N) is 1. The van der Waals surface area contributed by atoms with E-state index in [1.165, 1.54) is 0 Å². The third kappa shape index (κ3) is 7.53. The van der Waals surface area contributed by atoms with Gasteiger partial charge in [0, 0.05) is 11.6 Å². The van der Waals surface area contributed by atoms with Crippen molar-refractivity contribution in [1.82, 2.24) is 5.32 Å². The van der Waals surface area contributed by atoms with Crippen molar-refractivity contribution >= 4 is 5.97 Å². The molecule has 3 heteroatoms. The van der Waals surface area contributed by atoms with Crippen LogP contribution in [0.5, 0.6) is 0 Å². The zero-order valence-electron chi connectivity index (χ0n) is 8.72. The van der Waals surface area contributed by atoms with Gasteiger partial charge in [-0.3, -0.25) is 0 Å². The van der Waals surface area contributed by atoms with Crippen molar-refractivity contribution in [2.45, 2.75) is 33.2 Å². The molecule has 0 aromatic heterocycles. The first-order valence-corrected chi connectivity index (χ1v) is 4.60. The van der Waals surface area contributed by atoms with Gasteiger partial charge in [-0.2, -0.15) is 0 Å². The molecule has 76 valence electrons. The van der Waals surface area contributed by atoms with Gasteiger partial charge < -0.3 is 10.1 Å². The summed E-state index contributed by atoms with van der Waals surface area (Å²) in [5, 5.41) is 3.23. The van der Waals surface area contributed by atoms with Crippen molar-refractivity contribution in [1.29, 1.82) is 0 Å². The first kappa shape index (κ1) is 12.2. The summed E-state index contributed by atoms with van der Waals surface area (Å²) in [5.41, 5.74) is 0.455. The van der Waals surface area contributed by atoms with E-state index >= 15 is 0 Å². The second-order valence-electron chi connectivity index (χ2n) is 3.38. The summed E-state index contributed by atoms with van der Waals surface area (Å²) in [6.07, 6.45) is 0.844. The summed E-state index contributed by atoms with van der Waals surface area (Å²) in [6, 6.07) is 0.483.